The third kappa shape index (κ3) is 3.07. The molecule has 0 radical (unpaired) electrons. The van der Waals surface area contributed by atoms with E-state index < -0.39 is 22.6 Å². The lowest BCUT2D eigenvalue weighted by molar-refractivity contribution is -0.384. The summed E-state index contributed by atoms with van der Waals surface area (Å²) in [6, 6.07) is 3.45. The second kappa shape index (κ2) is 7.07. The van der Waals surface area contributed by atoms with Gasteiger partial charge in [0.1, 0.15) is 5.02 Å². The number of aliphatic hydroxyl groups is 1. The van der Waals surface area contributed by atoms with Crippen molar-refractivity contribution in [1.29, 1.82) is 0 Å². The molecule has 1 atom stereocenters. The van der Waals surface area contributed by atoms with E-state index in [0.29, 0.717) is 0 Å². The van der Waals surface area contributed by atoms with Crippen LogP contribution in [0.1, 0.15) is 39.0 Å². The van der Waals surface area contributed by atoms with Crippen LogP contribution in [0.2, 0.25) is 5.02 Å². The quantitative estimate of drug-likeness (QED) is 0.631. The van der Waals surface area contributed by atoms with Crippen LogP contribution in [0, 0.1) is 16.0 Å². The molecule has 1 heterocycles. The molecule has 1 saturated carbocycles. The lowest BCUT2D eigenvalue weighted by atomic mass is 9.80. The van der Waals surface area contributed by atoms with Gasteiger partial charge in [-0.3, -0.25) is 24.6 Å². The average Bonchev–Trinajstić information content (AvgIpc) is 2.88. The molecule has 3 rings (SSSR count). The van der Waals surface area contributed by atoms with Crippen molar-refractivity contribution in [1.82, 2.24) is 0 Å². The van der Waals surface area contributed by atoms with Gasteiger partial charge in [-0.2, -0.15) is 0 Å². The smallest absolute Gasteiger partial charge is 0.294 e. The van der Waals surface area contributed by atoms with Crippen LogP contribution < -0.4 is 4.90 Å². The van der Waals surface area contributed by atoms with E-state index in [9.17, 15) is 24.8 Å². The van der Waals surface area contributed by atoms with E-state index in [-0.39, 0.29) is 33.7 Å². The van der Waals surface area contributed by atoms with E-state index in [2.05, 4.69) is 0 Å². The molecule has 138 valence electrons. The fourth-order valence-electron chi connectivity index (χ4n) is 3.96. The van der Waals surface area contributed by atoms with Crippen LogP contribution in [-0.2, 0) is 9.59 Å². The number of nitro groups is 1. The third-order valence-electron chi connectivity index (χ3n) is 5.13. The summed E-state index contributed by atoms with van der Waals surface area (Å²) in [6.45, 7) is 1.32. The molecule has 7 nitrogen and oxygen atoms in total. The van der Waals surface area contributed by atoms with Gasteiger partial charge in [-0.05, 0) is 37.8 Å². The molecule has 1 aromatic rings. The predicted molar refractivity (Wildman–Crippen MR) is 96.3 cm³/mol. The minimum absolute atomic E-state index is 0.0194. The number of nitro benzene ring substituents is 1. The SMILES string of the molecule is CC(=O)C1=C(O)C(=O)N(c2ccc(Cl)c([N+](=O)[O-])c2)C1C1CCCCC1. The summed E-state index contributed by atoms with van der Waals surface area (Å²) in [5.74, 6) is -1.61. The lowest BCUT2D eigenvalue weighted by Crippen LogP contribution is -2.42. The van der Waals surface area contributed by atoms with Crippen molar-refractivity contribution in [2.75, 3.05) is 4.90 Å². The largest absolute Gasteiger partial charge is 0.503 e. The monoisotopic (exact) mass is 378 g/mol. The summed E-state index contributed by atoms with van der Waals surface area (Å²) in [6.07, 6.45) is 4.71. The third-order valence-corrected chi connectivity index (χ3v) is 5.45. The first-order valence-electron chi connectivity index (χ1n) is 8.54. The topological polar surface area (TPSA) is 101 Å². The van der Waals surface area contributed by atoms with Crippen molar-refractivity contribution < 1.29 is 19.6 Å². The molecule has 2 aliphatic rings. The molecule has 1 aliphatic heterocycles. The van der Waals surface area contributed by atoms with E-state index in [0.717, 1.165) is 32.1 Å². The molecule has 26 heavy (non-hydrogen) atoms. The molecule has 0 spiro atoms. The van der Waals surface area contributed by atoms with E-state index in [4.69, 9.17) is 11.6 Å². The van der Waals surface area contributed by atoms with Gasteiger partial charge < -0.3 is 5.11 Å². The van der Waals surface area contributed by atoms with Crippen LogP contribution in [0.5, 0.6) is 0 Å². The van der Waals surface area contributed by atoms with E-state index >= 15 is 0 Å². The molecule has 1 amide bonds. The van der Waals surface area contributed by atoms with Crippen LogP contribution in [0.4, 0.5) is 11.4 Å². The van der Waals surface area contributed by atoms with Crippen molar-refractivity contribution in [3.05, 3.63) is 44.7 Å². The number of benzene rings is 1. The zero-order chi connectivity index (χ0) is 19.0. The van der Waals surface area contributed by atoms with Crippen molar-refractivity contribution in [2.45, 2.75) is 45.1 Å². The number of rotatable bonds is 4. The zero-order valence-corrected chi connectivity index (χ0v) is 15.0. The fraction of sp³-hybridized carbons (Fsp3) is 0.444. The van der Waals surface area contributed by atoms with Gasteiger partial charge in [0.15, 0.2) is 11.5 Å². The molecule has 1 unspecified atom stereocenters. The Balaban J connectivity index is 2.09. The minimum Gasteiger partial charge on any atom is -0.503 e. The summed E-state index contributed by atoms with van der Waals surface area (Å²) in [4.78, 5) is 36.7. The van der Waals surface area contributed by atoms with E-state index in [1.54, 1.807) is 0 Å². The Morgan fingerprint density at radius 2 is 1.96 bits per heavy atom. The molecule has 1 aromatic carbocycles. The Morgan fingerprint density at radius 1 is 1.31 bits per heavy atom. The number of hydrogen-bond donors (Lipinski definition) is 1. The van der Waals surface area contributed by atoms with Gasteiger partial charge in [-0.1, -0.05) is 30.9 Å². The molecule has 0 saturated heterocycles. The summed E-state index contributed by atoms with van der Waals surface area (Å²) >= 11 is 5.87. The van der Waals surface area contributed by atoms with Gasteiger partial charge in [-0.15, -0.1) is 0 Å². The highest BCUT2D eigenvalue weighted by molar-refractivity contribution is 6.32. The molecular weight excluding hydrogens is 360 g/mol. The van der Waals surface area contributed by atoms with Crippen LogP contribution >= 0.6 is 11.6 Å². The number of carbonyl (C=O) groups is 2. The number of ketones is 1. The van der Waals surface area contributed by atoms with Gasteiger partial charge in [0.2, 0.25) is 0 Å². The normalized spacial score (nSPS) is 21.4. The molecule has 1 fully saturated rings. The van der Waals surface area contributed by atoms with Crippen LogP contribution in [-0.4, -0.2) is 27.8 Å². The Labute approximate surface area is 155 Å². The van der Waals surface area contributed by atoms with Crippen LogP contribution in [0.25, 0.3) is 0 Å². The highest BCUT2D eigenvalue weighted by atomic mass is 35.5. The lowest BCUT2D eigenvalue weighted by Gasteiger charge is -2.35. The first-order valence-corrected chi connectivity index (χ1v) is 8.92. The van der Waals surface area contributed by atoms with Gasteiger partial charge in [0.05, 0.1) is 22.2 Å². The Bertz CT molecular complexity index is 814. The summed E-state index contributed by atoms with van der Waals surface area (Å²) in [5, 5.41) is 21.5. The number of Topliss-reactive ketones (excluding diaryl/α,β-unsaturated/α-hetero) is 1. The second-order valence-corrected chi connectivity index (χ2v) is 7.14. The highest BCUT2D eigenvalue weighted by Gasteiger charge is 2.46. The Kier molecular flexibility index (Phi) is 5.00. The molecule has 1 N–H and O–H groups in total. The number of halogens is 1. The maximum absolute atomic E-state index is 12.7. The zero-order valence-electron chi connectivity index (χ0n) is 14.3. The van der Waals surface area contributed by atoms with Gasteiger partial charge in [-0.25, -0.2) is 0 Å². The van der Waals surface area contributed by atoms with Crippen molar-refractivity contribution in [3.63, 3.8) is 0 Å². The van der Waals surface area contributed by atoms with Gasteiger partial charge in [0.25, 0.3) is 11.6 Å². The highest BCUT2D eigenvalue weighted by Crippen LogP contribution is 2.41. The van der Waals surface area contributed by atoms with Crippen LogP contribution in [0.3, 0.4) is 0 Å². The average molecular weight is 379 g/mol. The number of amides is 1. The van der Waals surface area contributed by atoms with Gasteiger partial charge >= 0.3 is 0 Å². The second-order valence-electron chi connectivity index (χ2n) is 6.73. The molecule has 0 bridgehead atoms. The number of carbonyl (C=O) groups excluding carboxylic acids is 2. The standard InChI is InChI=1S/C18H19ClN2O5/c1-10(22)15-16(11-5-3-2-4-6-11)20(18(24)17(15)23)12-7-8-13(19)14(9-12)21(25)26/h7-9,11,16,23H,2-6H2,1H3. The predicted octanol–water partition coefficient (Wildman–Crippen LogP) is 3.94. The van der Waals surface area contributed by atoms with Gasteiger partial charge in [0, 0.05) is 6.07 Å². The summed E-state index contributed by atoms with van der Waals surface area (Å²) in [5.41, 5.74) is 0.0269. The molecular formula is C18H19ClN2O5. The maximum Gasteiger partial charge on any atom is 0.294 e. The summed E-state index contributed by atoms with van der Waals surface area (Å²) < 4.78 is 0. The van der Waals surface area contributed by atoms with E-state index in [1.807, 2.05) is 0 Å². The number of hydrogen-bond acceptors (Lipinski definition) is 5. The van der Waals surface area contributed by atoms with E-state index in [1.165, 1.54) is 30.0 Å². The minimum atomic E-state index is -0.706. The fourth-order valence-corrected chi connectivity index (χ4v) is 4.15. The van der Waals surface area contributed by atoms with Crippen molar-refractivity contribution in [2.24, 2.45) is 5.92 Å². The first kappa shape index (κ1) is 18.4. The first-order chi connectivity index (χ1) is 12.3. The number of aliphatic hydroxyl groups excluding tert-OH is 1. The molecule has 0 aromatic heterocycles. The van der Waals surface area contributed by atoms with Crippen LogP contribution in [0.15, 0.2) is 29.5 Å². The Morgan fingerprint density at radius 3 is 2.54 bits per heavy atom. The summed E-state index contributed by atoms with van der Waals surface area (Å²) in [7, 11) is 0. The Hall–Kier alpha value is -2.41. The molecule has 8 heteroatoms. The molecule has 1 aliphatic carbocycles. The number of nitrogens with zero attached hydrogens (tertiary/aromatic N) is 2. The maximum atomic E-state index is 12.7. The van der Waals surface area contributed by atoms with Crippen molar-refractivity contribution >= 4 is 34.7 Å². The van der Waals surface area contributed by atoms with Crippen molar-refractivity contribution in [3.8, 4) is 0 Å². The number of anilines is 1.